The molecule has 0 radical (unpaired) electrons. The molecule has 0 amide bonds. The first-order valence-corrected chi connectivity index (χ1v) is 7.04. The van der Waals surface area contributed by atoms with Gasteiger partial charge in [0.05, 0.1) is 13.2 Å². The fourth-order valence-electron chi connectivity index (χ4n) is 3.20. The van der Waals surface area contributed by atoms with Crippen LogP contribution >= 0.6 is 0 Å². The Morgan fingerprint density at radius 1 is 1.47 bits per heavy atom. The lowest BCUT2D eigenvalue weighted by Gasteiger charge is -2.26. The summed E-state index contributed by atoms with van der Waals surface area (Å²) in [6, 6.07) is 6.62. The number of rotatable bonds is 4. The summed E-state index contributed by atoms with van der Waals surface area (Å²) in [5, 5.41) is 0. The van der Waals surface area contributed by atoms with Crippen LogP contribution in [0.1, 0.15) is 30.0 Å². The van der Waals surface area contributed by atoms with E-state index >= 15 is 0 Å². The predicted octanol–water partition coefficient (Wildman–Crippen LogP) is 1.69. The zero-order chi connectivity index (χ0) is 13.2. The fraction of sp³-hybridized carbons (Fsp3) is 0.600. The topological polar surface area (TPSA) is 47.7 Å². The molecule has 4 heteroatoms. The van der Waals surface area contributed by atoms with Crippen LogP contribution in [0.2, 0.25) is 0 Å². The van der Waals surface area contributed by atoms with Crippen molar-refractivity contribution in [2.75, 3.05) is 26.8 Å². The molecule has 0 aliphatic carbocycles. The van der Waals surface area contributed by atoms with Crippen LogP contribution in [0.3, 0.4) is 0 Å². The number of nitrogens with two attached hydrogens (primary N) is 1. The van der Waals surface area contributed by atoms with E-state index in [0.717, 1.165) is 25.4 Å². The molecule has 1 fully saturated rings. The highest BCUT2D eigenvalue weighted by Crippen LogP contribution is 2.36. The maximum Gasteiger partial charge on any atom is 0.119 e. The standard InChI is InChI=1S/C15H22N2O2/c1-18-12-5-4-11-9-17(10-13-3-2-6-19-13)15(8-16)14(11)7-12/h4-5,7,13,15H,2-3,6,8-10,16H2,1H3. The Labute approximate surface area is 114 Å². The molecule has 19 heavy (non-hydrogen) atoms. The highest BCUT2D eigenvalue weighted by Gasteiger charge is 2.32. The van der Waals surface area contributed by atoms with Crippen molar-refractivity contribution in [2.45, 2.75) is 31.5 Å². The van der Waals surface area contributed by atoms with E-state index in [4.69, 9.17) is 15.2 Å². The lowest BCUT2D eigenvalue weighted by Crippen LogP contribution is -2.34. The second-order valence-corrected chi connectivity index (χ2v) is 5.38. The molecule has 0 spiro atoms. The summed E-state index contributed by atoms with van der Waals surface area (Å²) < 4.78 is 11.1. The quantitative estimate of drug-likeness (QED) is 0.897. The first kappa shape index (κ1) is 12.9. The zero-order valence-corrected chi connectivity index (χ0v) is 11.5. The van der Waals surface area contributed by atoms with Gasteiger partial charge in [-0.25, -0.2) is 0 Å². The predicted molar refractivity (Wildman–Crippen MR) is 74.2 cm³/mol. The molecule has 104 valence electrons. The molecule has 1 saturated heterocycles. The minimum atomic E-state index is 0.300. The Balaban J connectivity index is 1.77. The van der Waals surface area contributed by atoms with Crippen molar-refractivity contribution in [3.63, 3.8) is 0 Å². The molecular weight excluding hydrogens is 240 g/mol. The molecule has 4 nitrogen and oxygen atoms in total. The molecule has 2 atom stereocenters. The molecule has 2 N–H and O–H groups in total. The number of ether oxygens (including phenoxy) is 2. The SMILES string of the molecule is COc1ccc2c(c1)C(CN)N(CC1CCCO1)C2. The van der Waals surface area contributed by atoms with Gasteiger partial charge in [0.25, 0.3) is 0 Å². The monoisotopic (exact) mass is 262 g/mol. The maximum absolute atomic E-state index is 5.98. The number of hydrogen-bond donors (Lipinski definition) is 1. The molecule has 2 heterocycles. The maximum atomic E-state index is 5.98. The first-order chi connectivity index (χ1) is 9.31. The Morgan fingerprint density at radius 2 is 2.37 bits per heavy atom. The third-order valence-corrected chi connectivity index (χ3v) is 4.21. The molecule has 2 unspecified atom stereocenters. The van der Waals surface area contributed by atoms with Gasteiger partial charge in [-0.05, 0) is 36.1 Å². The largest absolute Gasteiger partial charge is 0.497 e. The van der Waals surface area contributed by atoms with E-state index < -0.39 is 0 Å². The third kappa shape index (κ3) is 2.48. The molecule has 0 saturated carbocycles. The van der Waals surface area contributed by atoms with Crippen LogP contribution in [0.4, 0.5) is 0 Å². The van der Waals surface area contributed by atoms with Gasteiger partial charge in [-0.15, -0.1) is 0 Å². The first-order valence-electron chi connectivity index (χ1n) is 7.04. The summed E-state index contributed by atoms with van der Waals surface area (Å²) in [6.07, 6.45) is 2.74. The average Bonchev–Trinajstić information content (AvgIpc) is 3.05. The minimum absolute atomic E-state index is 0.300. The molecule has 1 aromatic carbocycles. The second-order valence-electron chi connectivity index (χ2n) is 5.38. The molecule has 0 aromatic heterocycles. The van der Waals surface area contributed by atoms with Gasteiger partial charge in [-0.2, -0.15) is 0 Å². The molecule has 2 aliphatic heterocycles. The van der Waals surface area contributed by atoms with Crippen molar-refractivity contribution in [1.82, 2.24) is 4.90 Å². The lowest BCUT2D eigenvalue weighted by molar-refractivity contribution is 0.0609. The van der Waals surface area contributed by atoms with Crippen LogP contribution in [-0.4, -0.2) is 37.8 Å². The lowest BCUT2D eigenvalue weighted by atomic mass is 10.0. The summed E-state index contributed by atoms with van der Waals surface area (Å²) in [5.74, 6) is 0.913. The molecule has 1 aromatic rings. The van der Waals surface area contributed by atoms with Crippen molar-refractivity contribution in [3.8, 4) is 5.75 Å². The van der Waals surface area contributed by atoms with Crippen molar-refractivity contribution in [1.29, 1.82) is 0 Å². The molecule has 3 rings (SSSR count). The van der Waals surface area contributed by atoms with Crippen LogP contribution < -0.4 is 10.5 Å². The average molecular weight is 262 g/mol. The number of fused-ring (bicyclic) bond motifs is 1. The fourth-order valence-corrected chi connectivity index (χ4v) is 3.20. The van der Waals surface area contributed by atoms with E-state index in [1.54, 1.807) is 7.11 Å². The van der Waals surface area contributed by atoms with Crippen molar-refractivity contribution in [3.05, 3.63) is 29.3 Å². The number of methoxy groups -OCH3 is 1. The normalized spacial score (nSPS) is 26.6. The highest BCUT2D eigenvalue weighted by molar-refractivity contribution is 5.40. The van der Waals surface area contributed by atoms with Crippen LogP contribution in [-0.2, 0) is 11.3 Å². The summed E-state index contributed by atoms with van der Waals surface area (Å²) in [4.78, 5) is 2.44. The highest BCUT2D eigenvalue weighted by atomic mass is 16.5. The van der Waals surface area contributed by atoms with Gasteiger partial charge < -0.3 is 15.2 Å². The van der Waals surface area contributed by atoms with Crippen molar-refractivity contribution < 1.29 is 9.47 Å². The number of nitrogens with zero attached hydrogens (tertiary/aromatic N) is 1. The molecular formula is C15H22N2O2. The summed E-state index contributed by atoms with van der Waals surface area (Å²) in [5.41, 5.74) is 8.67. The molecule has 0 bridgehead atoms. The van der Waals surface area contributed by atoms with Gasteiger partial charge in [-0.3, -0.25) is 4.90 Å². The summed E-state index contributed by atoms with van der Waals surface area (Å²) in [7, 11) is 1.71. The number of hydrogen-bond acceptors (Lipinski definition) is 4. The van der Waals surface area contributed by atoms with Crippen LogP contribution in [0, 0.1) is 0 Å². The van der Waals surface area contributed by atoms with Gasteiger partial charge in [0.2, 0.25) is 0 Å². The smallest absolute Gasteiger partial charge is 0.119 e. The van der Waals surface area contributed by atoms with E-state index in [-0.39, 0.29) is 0 Å². The second kappa shape index (κ2) is 5.49. The van der Waals surface area contributed by atoms with Crippen LogP contribution in [0.25, 0.3) is 0 Å². The Hall–Kier alpha value is -1.10. The van der Waals surface area contributed by atoms with Crippen molar-refractivity contribution in [2.24, 2.45) is 5.73 Å². The van der Waals surface area contributed by atoms with E-state index in [2.05, 4.69) is 17.0 Å². The third-order valence-electron chi connectivity index (χ3n) is 4.21. The van der Waals surface area contributed by atoms with Crippen molar-refractivity contribution >= 4 is 0 Å². The van der Waals surface area contributed by atoms with E-state index in [9.17, 15) is 0 Å². The Morgan fingerprint density at radius 3 is 3.05 bits per heavy atom. The van der Waals surface area contributed by atoms with Gasteiger partial charge in [0.1, 0.15) is 5.75 Å². The van der Waals surface area contributed by atoms with Gasteiger partial charge >= 0.3 is 0 Å². The van der Waals surface area contributed by atoms with E-state index in [1.165, 1.54) is 24.0 Å². The molecule has 2 aliphatic rings. The van der Waals surface area contributed by atoms with E-state index in [0.29, 0.717) is 18.7 Å². The number of benzene rings is 1. The van der Waals surface area contributed by atoms with Crippen LogP contribution in [0.15, 0.2) is 18.2 Å². The summed E-state index contributed by atoms with van der Waals surface area (Å²) >= 11 is 0. The van der Waals surface area contributed by atoms with Gasteiger partial charge in [0, 0.05) is 32.3 Å². The Kier molecular flexibility index (Phi) is 3.73. The van der Waals surface area contributed by atoms with Crippen LogP contribution in [0.5, 0.6) is 5.75 Å². The summed E-state index contributed by atoms with van der Waals surface area (Å²) in [6.45, 7) is 3.51. The van der Waals surface area contributed by atoms with Gasteiger partial charge in [-0.1, -0.05) is 6.07 Å². The van der Waals surface area contributed by atoms with Gasteiger partial charge in [0.15, 0.2) is 0 Å². The Bertz CT molecular complexity index is 444. The van der Waals surface area contributed by atoms with E-state index in [1.807, 2.05) is 6.07 Å². The zero-order valence-electron chi connectivity index (χ0n) is 11.5. The minimum Gasteiger partial charge on any atom is -0.497 e.